The van der Waals surface area contributed by atoms with E-state index in [9.17, 15) is 14.4 Å². The van der Waals surface area contributed by atoms with Crippen LogP contribution in [-0.2, 0) is 19.1 Å². The van der Waals surface area contributed by atoms with Gasteiger partial charge in [0.1, 0.15) is 5.75 Å². The van der Waals surface area contributed by atoms with Gasteiger partial charge in [-0.3, -0.25) is 14.4 Å². The van der Waals surface area contributed by atoms with Gasteiger partial charge in [0.15, 0.2) is 6.61 Å². The first-order valence-corrected chi connectivity index (χ1v) is 9.00. The van der Waals surface area contributed by atoms with Crippen LogP contribution in [0.1, 0.15) is 6.42 Å². The van der Waals surface area contributed by atoms with Crippen LogP contribution in [0.5, 0.6) is 5.75 Å². The van der Waals surface area contributed by atoms with Gasteiger partial charge in [0.25, 0.3) is 5.91 Å². The molecule has 1 fully saturated rings. The van der Waals surface area contributed by atoms with E-state index in [1.807, 2.05) is 0 Å². The number of carbonyl (C=O) groups excluding carboxylic acids is 3. The van der Waals surface area contributed by atoms with E-state index in [1.165, 1.54) is 4.90 Å². The van der Waals surface area contributed by atoms with Crippen LogP contribution < -0.4 is 15.0 Å². The summed E-state index contributed by atoms with van der Waals surface area (Å²) in [5.41, 5.74) is 1.19. The van der Waals surface area contributed by atoms with Crippen molar-refractivity contribution >= 4 is 40.8 Å². The Morgan fingerprint density at radius 1 is 1.21 bits per heavy atom. The van der Waals surface area contributed by atoms with E-state index in [-0.39, 0.29) is 18.9 Å². The smallest absolute Gasteiger partial charge is 0.311 e. The number of hydrogen-bond donors (Lipinski definition) is 1. The maximum absolute atomic E-state index is 12.3. The molecule has 0 unspecified atom stereocenters. The lowest BCUT2D eigenvalue weighted by Crippen LogP contribution is -2.28. The van der Waals surface area contributed by atoms with Crippen LogP contribution in [0.15, 0.2) is 48.5 Å². The van der Waals surface area contributed by atoms with Crippen LogP contribution in [0.2, 0.25) is 5.02 Å². The van der Waals surface area contributed by atoms with Crippen molar-refractivity contribution in [3.63, 3.8) is 0 Å². The monoisotopic (exact) mass is 402 g/mol. The number of anilines is 2. The molecule has 0 bridgehead atoms. The fraction of sp³-hybridized carbons (Fsp3) is 0.250. The van der Waals surface area contributed by atoms with Gasteiger partial charge in [-0.2, -0.15) is 0 Å². The molecule has 0 aromatic heterocycles. The summed E-state index contributed by atoms with van der Waals surface area (Å²) in [4.78, 5) is 37.9. The van der Waals surface area contributed by atoms with Gasteiger partial charge in [0.05, 0.1) is 13.0 Å². The van der Waals surface area contributed by atoms with Crippen molar-refractivity contribution in [2.24, 2.45) is 5.92 Å². The fourth-order valence-corrected chi connectivity index (χ4v) is 3.07. The average Bonchev–Trinajstić information content (AvgIpc) is 3.08. The SMILES string of the molecule is COc1ccc(NC(=O)COC(=O)[C@H]2CC(=O)N(c3cccc(Cl)c3)C2)cc1. The first-order chi connectivity index (χ1) is 13.5. The zero-order valence-corrected chi connectivity index (χ0v) is 15.9. The molecule has 2 amide bonds. The van der Waals surface area contributed by atoms with Gasteiger partial charge < -0.3 is 19.7 Å². The number of carbonyl (C=O) groups is 3. The summed E-state index contributed by atoms with van der Waals surface area (Å²) in [5, 5.41) is 3.13. The summed E-state index contributed by atoms with van der Waals surface area (Å²) < 4.78 is 10.1. The van der Waals surface area contributed by atoms with Crippen LogP contribution in [-0.4, -0.2) is 38.0 Å². The highest BCUT2D eigenvalue weighted by Gasteiger charge is 2.36. The van der Waals surface area contributed by atoms with Crippen LogP contribution in [0.4, 0.5) is 11.4 Å². The second-order valence-corrected chi connectivity index (χ2v) is 6.71. The Balaban J connectivity index is 1.50. The number of methoxy groups -OCH3 is 1. The van der Waals surface area contributed by atoms with Crippen LogP contribution in [0, 0.1) is 5.92 Å². The topological polar surface area (TPSA) is 84.9 Å². The van der Waals surface area contributed by atoms with Crippen molar-refractivity contribution < 1.29 is 23.9 Å². The molecule has 1 heterocycles. The first-order valence-electron chi connectivity index (χ1n) is 8.62. The van der Waals surface area contributed by atoms with Gasteiger partial charge in [0, 0.05) is 29.4 Å². The van der Waals surface area contributed by atoms with Gasteiger partial charge in [-0.25, -0.2) is 0 Å². The lowest BCUT2D eigenvalue weighted by atomic mass is 10.1. The Morgan fingerprint density at radius 2 is 1.96 bits per heavy atom. The predicted octanol–water partition coefficient (Wildman–Crippen LogP) is 2.88. The number of halogens is 1. The fourth-order valence-electron chi connectivity index (χ4n) is 2.88. The average molecular weight is 403 g/mol. The number of benzene rings is 2. The van der Waals surface area contributed by atoms with Crippen molar-refractivity contribution in [2.45, 2.75) is 6.42 Å². The maximum atomic E-state index is 12.3. The number of rotatable bonds is 6. The number of ether oxygens (including phenoxy) is 2. The van der Waals surface area contributed by atoms with E-state index >= 15 is 0 Å². The van der Waals surface area contributed by atoms with E-state index in [2.05, 4.69) is 5.32 Å². The zero-order chi connectivity index (χ0) is 20.1. The quantitative estimate of drug-likeness (QED) is 0.751. The molecule has 3 rings (SSSR count). The Labute approximate surface area is 167 Å². The van der Waals surface area contributed by atoms with Gasteiger partial charge >= 0.3 is 5.97 Å². The molecule has 1 N–H and O–H groups in total. The molecule has 2 aromatic carbocycles. The van der Waals surface area contributed by atoms with Gasteiger partial charge in [-0.05, 0) is 42.5 Å². The van der Waals surface area contributed by atoms with Crippen LogP contribution in [0.25, 0.3) is 0 Å². The molecule has 2 aromatic rings. The lowest BCUT2D eigenvalue weighted by molar-refractivity contribution is -0.151. The van der Waals surface area contributed by atoms with E-state index in [1.54, 1.807) is 55.6 Å². The number of nitrogens with one attached hydrogen (secondary N) is 1. The Bertz CT molecular complexity index is 884. The second kappa shape index (κ2) is 8.75. The predicted molar refractivity (Wildman–Crippen MR) is 104 cm³/mol. The molecular weight excluding hydrogens is 384 g/mol. The molecule has 1 saturated heterocycles. The zero-order valence-electron chi connectivity index (χ0n) is 15.2. The second-order valence-electron chi connectivity index (χ2n) is 6.27. The molecule has 1 aliphatic heterocycles. The molecular formula is C20H19ClN2O5. The van der Waals surface area contributed by atoms with Crippen molar-refractivity contribution in [3.8, 4) is 5.75 Å². The van der Waals surface area contributed by atoms with E-state index in [0.29, 0.717) is 22.1 Å². The minimum Gasteiger partial charge on any atom is -0.497 e. The molecule has 0 aliphatic carbocycles. The van der Waals surface area contributed by atoms with E-state index < -0.39 is 24.4 Å². The van der Waals surface area contributed by atoms with Crippen molar-refractivity contribution in [1.82, 2.24) is 0 Å². The molecule has 0 saturated carbocycles. The minimum atomic E-state index is -0.625. The summed E-state index contributed by atoms with van der Waals surface area (Å²) in [5.74, 6) is -1.19. The highest BCUT2D eigenvalue weighted by Crippen LogP contribution is 2.27. The highest BCUT2D eigenvalue weighted by atomic mass is 35.5. The Kier molecular flexibility index (Phi) is 6.16. The molecule has 0 radical (unpaired) electrons. The van der Waals surface area contributed by atoms with Crippen molar-refractivity contribution in [2.75, 3.05) is 30.5 Å². The van der Waals surface area contributed by atoms with E-state index in [0.717, 1.165) is 0 Å². The lowest BCUT2D eigenvalue weighted by Gasteiger charge is -2.16. The number of amides is 2. The molecule has 28 heavy (non-hydrogen) atoms. The molecule has 0 spiro atoms. The standard InChI is InChI=1S/C20H19ClN2O5/c1-27-17-7-5-15(6-8-17)22-18(24)12-28-20(26)13-9-19(25)23(11-13)16-4-2-3-14(21)10-16/h2-8,10,13H,9,11-12H2,1H3,(H,22,24)/t13-/m0/s1. The van der Waals surface area contributed by atoms with Gasteiger partial charge in [-0.1, -0.05) is 17.7 Å². The molecule has 1 atom stereocenters. The maximum Gasteiger partial charge on any atom is 0.311 e. The normalized spacial score (nSPS) is 16.0. The summed E-state index contributed by atoms with van der Waals surface area (Å²) in [7, 11) is 1.55. The third-order valence-corrected chi connectivity index (χ3v) is 4.53. The van der Waals surface area contributed by atoms with Gasteiger partial charge in [-0.15, -0.1) is 0 Å². The summed E-state index contributed by atoms with van der Waals surface area (Å²) in [6.45, 7) is -0.231. The third-order valence-electron chi connectivity index (χ3n) is 4.30. The largest absolute Gasteiger partial charge is 0.497 e. The Hall–Kier alpha value is -3.06. The number of nitrogens with zero attached hydrogens (tertiary/aromatic N) is 1. The van der Waals surface area contributed by atoms with Crippen molar-refractivity contribution in [1.29, 1.82) is 0 Å². The third kappa shape index (κ3) is 4.80. The van der Waals surface area contributed by atoms with Crippen molar-refractivity contribution in [3.05, 3.63) is 53.6 Å². The minimum absolute atomic E-state index is 0.0332. The first kappa shape index (κ1) is 19.7. The number of esters is 1. The van der Waals surface area contributed by atoms with Gasteiger partial charge in [0.2, 0.25) is 5.91 Å². The molecule has 1 aliphatic rings. The summed E-state index contributed by atoms with van der Waals surface area (Å²) in [6.07, 6.45) is 0.0332. The number of hydrogen-bond acceptors (Lipinski definition) is 5. The molecule has 146 valence electrons. The Morgan fingerprint density at radius 3 is 2.64 bits per heavy atom. The van der Waals surface area contributed by atoms with Crippen LogP contribution in [0.3, 0.4) is 0 Å². The summed E-state index contributed by atoms with van der Waals surface area (Å²) in [6, 6.07) is 13.6. The van der Waals surface area contributed by atoms with Crippen LogP contribution >= 0.6 is 11.6 Å². The highest BCUT2D eigenvalue weighted by molar-refractivity contribution is 6.31. The molecule has 8 heteroatoms. The van der Waals surface area contributed by atoms with E-state index in [4.69, 9.17) is 21.1 Å². The molecule has 7 nitrogen and oxygen atoms in total. The summed E-state index contributed by atoms with van der Waals surface area (Å²) >= 11 is 5.96.